The van der Waals surface area contributed by atoms with Crippen LogP contribution in [-0.4, -0.2) is 61.1 Å². The van der Waals surface area contributed by atoms with Crippen LogP contribution in [-0.2, 0) is 26.9 Å². The van der Waals surface area contributed by atoms with E-state index < -0.39 is 5.60 Å². The van der Waals surface area contributed by atoms with Crippen molar-refractivity contribution < 1.29 is 18.8 Å². The average molecular weight is 459 g/mol. The molecule has 2 aliphatic rings. The molecule has 2 N–H and O–H groups in total. The number of nitrogens with two attached hydrogens (primary N) is 1. The molecule has 2 aliphatic heterocycles. The maximum absolute atomic E-state index is 12.5. The second kappa shape index (κ2) is 9.12. The van der Waals surface area contributed by atoms with E-state index >= 15 is 0 Å². The van der Waals surface area contributed by atoms with E-state index in [9.17, 15) is 4.79 Å². The Balaban J connectivity index is 1.80. The van der Waals surface area contributed by atoms with E-state index in [2.05, 4.69) is 52.5 Å². The average Bonchev–Trinajstić information content (AvgIpc) is 2.90. The minimum atomic E-state index is -0.486. The van der Waals surface area contributed by atoms with Gasteiger partial charge in [0.2, 0.25) is 0 Å². The van der Waals surface area contributed by atoms with Crippen LogP contribution in [0.1, 0.15) is 70.7 Å². The maximum Gasteiger partial charge on any atom is 0.462 e. The maximum atomic E-state index is 12.5. The fourth-order valence-electron chi connectivity index (χ4n) is 4.53. The fourth-order valence-corrected chi connectivity index (χ4v) is 4.53. The Bertz CT molecular complexity index is 871. The van der Waals surface area contributed by atoms with Gasteiger partial charge in [-0.05, 0) is 90.6 Å². The lowest BCUT2D eigenvalue weighted by atomic mass is 9.76. The summed E-state index contributed by atoms with van der Waals surface area (Å²) in [4.78, 5) is 16.6. The van der Waals surface area contributed by atoms with Crippen molar-refractivity contribution in [2.24, 2.45) is 5.73 Å². The monoisotopic (exact) mass is 459 g/mol. The van der Waals surface area contributed by atoms with Crippen molar-refractivity contribution in [2.45, 2.75) is 92.0 Å². The van der Waals surface area contributed by atoms with Crippen molar-refractivity contribution >= 4 is 18.9 Å². The minimum Gasteiger partial charge on any atom is -0.444 e. The number of carbonyl (C=O) groups excluding carboxylic acids is 1. The number of benzene rings is 1. The predicted octanol–water partition coefficient (Wildman–Crippen LogP) is 3.99. The zero-order valence-electron chi connectivity index (χ0n) is 22.0. The first-order chi connectivity index (χ1) is 15.1. The van der Waals surface area contributed by atoms with Gasteiger partial charge >= 0.3 is 13.2 Å². The highest BCUT2D eigenvalue weighted by molar-refractivity contribution is 6.45. The van der Waals surface area contributed by atoms with E-state index in [0.717, 1.165) is 18.7 Å². The smallest absolute Gasteiger partial charge is 0.444 e. The Hall–Kier alpha value is -1.77. The molecule has 7 nitrogen and oxygen atoms in total. The summed E-state index contributed by atoms with van der Waals surface area (Å²) in [5, 5.41) is 0. The molecule has 0 spiro atoms. The van der Waals surface area contributed by atoms with Crippen LogP contribution in [0.3, 0.4) is 0 Å². The van der Waals surface area contributed by atoms with Gasteiger partial charge in [0, 0.05) is 44.7 Å². The van der Waals surface area contributed by atoms with E-state index in [1.165, 1.54) is 22.4 Å². The molecule has 33 heavy (non-hydrogen) atoms. The Labute approximate surface area is 200 Å². The topological polar surface area (TPSA) is 77.3 Å². The Morgan fingerprint density at radius 3 is 2.09 bits per heavy atom. The molecule has 2 heterocycles. The van der Waals surface area contributed by atoms with Gasteiger partial charge in [0.1, 0.15) is 5.60 Å². The summed E-state index contributed by atoms with van der Waals surface area (Å²) >= 11 is 0. The molecular weight excluding hydrogens is 417 g/mol. The van der Waals surface area contributed by atoms with Crippen LogP contribution in [0.5, 0.6) is 0 Å². The lowest BCUT2D eigenvalue weighted by molar-refractivity contribution is 0.00578. The number of nitrogens with zero attached hydrogens (tertiary/aromatic N) is 2. The van der Waals surface area contributed by atoms with Crippen molar-refractivity contribution in [3.05, 3.63) is 28.3 Å². The van der Waals surface area contributed by atoms with Gasteiger partial charge in [0.05, 0.1) is 11.2 Å². The van der Waals surface area contributed by atoms with Crippen molar-refractivity contribution in [3.63, 3.8) is 0 Å². The summed E-state index contributed by atoms with van der Waals surface area (Å²) in [6, 6.07) is 2.21. The van der Waals surface area contributed by atoms with E-state index in [4.69, 9.17) is 19.8 Å². The molecule has 0 aromatic heterocycles. The van der Waals surface area contributed by atoms with Gasteiger partial charge in [0.15, 0.2) is 0 Å². The van der Waals surface area contributed by atoms with E-state index in [1.54, 1.807) is 4.90 Å². The highest BCUT2D eigenvalue weighted by Crippen LogP contribution is 2.39. The minimum absolute atomic E-state index is 0.244. The SMILES string of the molecule is Cc1c(CN)cc(N2CCN(C(=O)OC(C)(C)C)CC2)c(C)c1CB1OC(C)(C)C(C)(C)O1. The number of rotatable bonds is 4. The predicted molar refractivity (Wildman–Crippen MR) is 134 cm³/mol. The van der Waals surface area contributed by atoms with Crippen LogP contribution in [0.15, 0.2) is 6.07 Å². The molecule has 8 heteroatoms. The van der Waals surface area contributed by atoms with E-state index in [0.29, 0.717) is 26.0 Å². The van der Waals surface area contributed by atoms with E-state index in [1.807, 2.05) is 20.8 Å². The molecule has 0 atom stereocenters. The normalized spacial score (nSPS) is 20.4. The zero-order chi connectivity index (χ0) is 24.8. The lowest BCUT2D eigenvalue weighted by Gasteiger charge is -2.38. The summed E-state index contributed by atoms with van der Waals surface area (Å²) in [5.41, 5.74) is 10.9. The molecule has 2 fully saturated rings. The van der Waals surface area contributed by atoms with Gasteiger partial charge in [-0.15, -0.1) is 0 Å². The summed E-state index contributed by atoms with van der Waals surface area (Å²) < 4.78 is 18.1. The number of amides is 1. The molecule has 3 rings (SSSR count). The highest BCUT2D eigenvalue weighted by atomic mass is 16.7. The van der Waals surface area contributed by atoms with Gasteiger partial charge in [-0.25, -0.2) is 4.79 Å². The molecule has 1 aromatic carbocycles. The van der Waals surface area contributed by atoms with Crippen molar-refractivity contribution in [1.29, 1.82) is 0 Å². The molecule has 0 radical (unpaired) electrons. The standard InChI is InChI=1S/C25H42BN3O4/c1-17-19(16-27)14-21(28-10-12-29(13-11-28)22(30)31-23(3,4)5)18(2)20(17)15-26-32-24(6,7)25(8,9)33-26/h14H,10-13,15-16,27H2,1-9H3. The van der Waals surface area contributed by atoms with Gasteiger partial charge in [-0.2, -0.15) is 0 Å². The second-order valence-electron chi connectivity index (χ2n) is 11.3. The van der Waals surface area contributed by atoms with Crippen LogP contribution in [0.25, 0.3) is 0 Å². The molecule has 0 bridgehead atoms. The number of anilines is 1. The second-order valence-corrected chi connectivity index (χ2v) is 11.3. The number of carbonyl (C=O) groups is 1. The first-order valence-electron chi connectivity index (χ1n) is 12.1. The van der Waals surface area contributed by atoms with Gasteiger partial charge in [-0.1, -0.05) is 0 Å². The quantitative estimate of drug-likeness (QED) is 0.687. The molecule has 0 unspecified atom stereocenters. The molecular formula is C25H42BN3O4. The van der Waals surface area contributed by atoms with Crippen molar-refractivity contribution in [3.8, 4) is 0 Å². The summed E-state index contributed by atoms with van der Waals surface area (Å²) in [6.45, 7) is 21.6. The van der Waals surface area contributed by atoms with Crippen molar-refractivity contribution in [2.75, 3.05) is 31.1 Å². The Morgan fingerprint density at radius 1 is 1.06 bits per heavy atom. The molecule has 1 aromatic rings. The number of hydrogen-bond acceptors (Lipinski definition) is 6. The van der Waals surface area contributed by atoms with Crippen LogP contribution < -0.4 is 10.6 Å². The van der Waals surface area contributed by atoms with E-state index in [-0.39, 0.29) is 24.4 Å². The van der Waals surface area contributed by atoms with Crippen LogP contribution in [0.4, 0.5) is 10.5 Å². The lowest BCUT2D eigenvalue weighted by Crippen LogP contribution is -2.50. The van der Waals surface area contributed by atoms with Crippen LogP contribution >= 0.6 is 0 Å². The van der Waals surface area contributed by atoms with Crippen LogP contribution in [0, 0.1) is 13.8 Å². The third-order valence-electron chi connectivity index (χ3n) is 7.25. The number of ether oxygens (including phenoxy) is 1. The summed E-state index contributed by atoms with van der Waals surface area (Å²) in [5.74, 6) is 0. The van der Waals surface area contributed by atoms with Gasteiger partial charge < -0.3 is 29.6 Å². The molecule has 0 aliphatic carbocycles. The summed E-state index contributed by atoms with van der Waals surface area (Å²) in [7, 11) is -0.294. The van der Waals surface area contributed by atoms with Crippen molar-refractivity contribution in [1.82, 2.24) is 4.90 Å². The first-order valence-corrected chi connectivity index (χ1v) is 12.1. The highest BCUT2D eigenvalue weighted by Gasteiger charge is 2.51. The van der Waals surface area contributed by atoms with Crippen LogP contribution in [0.2, 0.25) is 0 Å². The molecule has 2 saturated heterocycles. The molecule has 0 saturated carbocycles. The Morgan fingerprint density at radius 2 is 1.61 bits per heavy atom. The third kappa shape index (κ3) is 5.49. The molecule has 184 valence electrons. The number of hydrogen-bond donors (Lipinski definition) is 1. The van der Waals surface area contributed by atoms with Gasteiger partial charge in [-0.3, -0.25) is 0 Å². The first kappa shape index (κ1) is 25.9. The fraction of sp³-hybridized carbons (Fsp3) is 0.720. The third-order valence-corrected chi connectivity index (χ3v) is 7.25. The zero-order valence-corrected chi connectivity index (χ0v) is 22.0. The van der Waals surface area contributed by atoms with Gasteiger partial charge in [0.25, 0.3) is 0 Å². The largest absolute Gasteiger partial charge is 0.462 e. The number of piperazine rings is 1. The summed E-state index contributed by atoms with van der Waals surface area (Å²) in [6.07, 6.45) is 0.440. The Kier molecular flexibility index (Phi) is 7.14. The molecule has 1 amide bonds.